The first-order chi connectivity index (χ1) is 9.90. The molecule has 0 aromatic heterocycles. The van der Waals surface area contributed by atoms with Crippen molar-refractivity contribution in [2.45, 2.75) is 32.4 Å². The molecule has 0 bridgehead atoms. The van der Waals surface area contributed by atoms with Gasteiger partial charge in [0.05, 0.1) is 4.92 Å². The first kappa shape index (κ1) is 18.3. The third-order valence-corrected chi connectivity index (χ3v) is 3.92. The van der Waals surface area contributed by atoms with Gasteiger partial charge in [-0.15, -0.1) is 12.4 Å². The molecule has 1 fully saturated rings. The van der Waals surface area contributed by atoms with Crippen LogP contribution in [0, 0.1) is 21.8 Å². The van der Waals surface area contributed by atoms with Crippen molar-refractivity contribution in [3.8, 4) is 0 Å². The Morgan fingerprint density at radius 1 is 1.45 bits per heavy atom. The smallest absolute Gasteiger partial charge is 0.282 e. The Labute approximate surface area is 134 Å². The van der Waals surface area contributed by atoms with Crippen LogP contribution in [0.3, 0.4) is 0 Å². The maximum atomic E-state index is 13.3. The average molecular weight is 332 g/mol. The van der Waals surface area contributed by atoms with E-state index in [1.54, 1.807) is 0 Å². The Hall–Kier alpha value is -1.73. The monoisotopic (exact) mass is 331 g/mol. The van der Waals surface area contributed by atoms with Crippen LogP contribution in [-0.4, -0.2) is 29.5 Å². The number of amides is 1. The molecular formula is C14H19ClFN3O3. The number of carbonyl (C=O) groups is 1. The third kappa shape index (κ3) is 3.92. The van der Waals surface area contributed by atoms with Gasteiger partial charge in [0.15, 0.2) is 0 Å². The quantitative estimate of drug-likeness (QED) is 0.657. The van der Waals surface area contributed by atoms with Crippen molar-refractivity contribution in [3.63, 3.8) is 0 Å². The minimum absolute atomic E-state index is 0. The standard InChI is InChI=1S/C14H18FN3O3.ClH/c1-8-5-6-16-9(2)13(8)17-14(19)11-7-10(15)3-4-12(11)18(20)21;/h3-4,7-9,13,16H,5-6H2,1-2H3,(H,17,19);1H. The molecular weight excluding hydrogens is 313 g/mol. The van der Waals surface area contributed by atoms with Gasteiger partial charge < -0.3 is 10.6 Å². The van der Waals surface area contributed by atoms with E-state index >= 15 is 0 Å². The average Bonchev–Trinajstić information content (AvgIpc) is 2.42. The van der Waals surface area contributed by atoms with Crippen LogP contribution in [0.1, 0.15) is 30.6 Å². The van der Waals surface area contributed by atoms with Crippen LogP contribution < -0.4 is 10.6 Å². The number of hydrogen-bond donors (Lipinski definition) is 2. The first-order valence-corrected chi connectivity index (χ1v) is 6.88. The molecule has 1 aromatic rings. The molecule has 2 rings (SSSR count). The molecule has 0 aliphatic carbocycles. The van der Waals surface area contributed by atoms with Crippen LogP contribution in [0.25, 0.3) is 0 Å². The molecule has 1 aliphatic heterocycles. The molecule has 6 nitrogen and oxygen atoms in total. The highest BCUT2D eigenvalue weighted by molar-refractivity contribution is 5.98. The number of nitro groups is 1. The highest BCUT2D eigenvalue weighted by Crippen LogP contribution is 2.21. The van der Waals surface area contributed by atoms with Gasteiger partial charge in [-0.05, 0) is 37.9 Å². The fraction of sp³-hybridized carbons (Fsp3) is 0.500. The Bertz CT molecular complexity index is 560. The maximum absolute atomic E-state index is 13.3. The van der Waals surface area contributed by atoms with E-state index in [0.717, 1.165) is 31.2 Å². The van der Waals surface area contributed by atoms with Crippen molar-refractivity contribution in [3.05, 3.63) is 39.7 Å². The first-order valence-electron chi connectivity index (χ1n) is 6.88. The number of hydrogen-bond acceptors (Lipinski definition) is 4. The van der Waals surface area contributed by atoms with E-state index < -0.39 is 22.3 Å². The van der Waals surface area contributed by atoms with Crippen molar-refractivity contribution in [2.75, 3.05) is 6.54 Å². The Morgan fingerprint density at radius 2 is 2.14 bits per heavy atom. The number of nitrogens with zero attached hydrogens (tertiary/aromatic N) is 1. The zero-order valence-corrected chi connectivity index (χ0v) is 13.2. The van der Waals surface area contributed by atoms with Crippen LogP contribution in [0.2, 0.25) is 0 Å². The zero-order chi connectivity index (χ0) is 15.6. The van der Waals surface area contributed by atoms with E-state index in [1.807, 2.05) is 13.8 Å². The van der Waals surface area contributed by atoms with Crippen molar-refractivity contribution in [1.82, 2.24) is 10.6 Å². The predicted molar refractivity (Wildman–Crippen MR) is 82.8 cm³/mol. The summed E-state index contributed by atoms with van der Waals surface area (Å²) in [5.74, 6) is -1.04. The van der Waals surface area contributed by atoms with Crippen LogP contribution in [0.4, 0.5) is 10.1 Å². The van der Waals surface area contributed by atoms with Gasteiger partial charge in [0.25, 0.3) is 11.6 Å². The fourth-order valence-electron chi connectivity index (χ4n) is 2.68. The Morgan fingerprint density at radius 3 is 2.73 bits per heavy atom. The van der Waals surface area contributed by atoms with E-state index in [0.29, 0.717) is 0 Å². The summed E-state index contributed by atoms with van der Waals surface area (Å²) in [6.07, 6.45) is 0.903. The van der Waals surface area contributed by atoms with Gasteiger partial charge >= 0.3 is 0 Å². The lowest BCUT2D eigenvalue weighted by atomic mass is 9.89. The van der Waals surface area contributed by atoms with Gasteiger partial charge in [0.2, 0.25) is 0 Å². The van der Waals surface area contributed by atoms with Crippen LogP contribution in [0.5, 0.6) is 0 Å². The van der Waals surface area contributed by atoms with Gasteiger partial charge in [-0.25, -0.2) is 4.39 Å². The van der Waals surface area contributed by atoms with Crippen LogP contribution >= 0.6 is 12.4 Å². The minimum Gasteiger partial charge on any atom is -0.347 e. The topological polar surface area (TPSA) is 84.3 Å². The van der Waals surface area contributed by atoms with Crippen LogP contribution in [0.15, 0.2) is 18.2 Å². The highest BCUT2D eigenvalue weighted by atomic mass is 35.5. The maximum Gasteiger partial charge on any atom is 0.282 e. The summed E-state index contributed by atoms with van der Waals surface area (Å²) in [5.41, 5.74) is -0.636. The second-order valence-corrected chi connectivity index (χ2v) is 5.43. The van der Waals surface area contributed by atoms with Crippen molar-refractivity contribution < 1.29 is 14.1 Å². The molecule has 122 valence electrons. The molecule has 8 heteroatoms. The number of nitrogens with one attached hydrogen (secondary N) is 2. The van der Waals surface area contributed by atoms with Crippen molar-refractivity contribution in [2.24, 2.45) is 5.92 Å². The zero-order valence-electron chi connectivity index (χ0n) is 12.3. The molecule has 2 N–H and O–H groups in total. The summed E-state index contributed by atoms with van der Waals surface area (Å²) >= 11 is 0. The molecule has 1 amide bonds. The minimum atomic E-state index is -0.680. The molecule has 0 spiro atoms. The van der Waals surface area contributed by atoms with Gasteiger partial charge in [-0.3, -0.25) is 14.9 Å². The summed E-state index contributed by atoms with van der Waals surface area (Å²) in [7, 11) is 0. The van der Waals surface area contributed by atoms with Gasteiger partial charge in [0.1, 0.15) is 11.4 Å². The summed E-state index contributed by atoms with van der Waals surface area (Å²) < 4.78 is 13.3. The summed E-state index contributed by atoms with van der Waals surface area (Å²) in [4.78, 5) is 22.5. The SMILES string of the molecule is CC1CCNC(C)C1NC(=O)c1cc(F)ccc1[N+](=O)[O-].Cl. The second-order valence-electron chi connectivity index (χ2n) is 5.43. The molecule has 1 heterocycles. The predicted octanol–water partition coefficient (Wildman–Crippen LogP) is 2.27. The molecule has 1 aliphatic rings. The molecule has 0 radical (unpaired) electrons. The van der Waals surface area contributed by atoms with E-state index in [2.05, 4.69) is 10.6 Å². The van der Waals surface area contributed by atoms with Gasteiger partial charge in [-0.1, -0.05) is 6.92 Å². The molecule has 3 atom stereocenters. The molecule has 1 aromatic carbocycles. The normalized spacial score (nSPS) is 24.2. The molecule has 22 heavy (non-hydrogen) atoms. The number of benzene rings is 1. The number of rotatable bonds is 3. The Balaban J connectivity index is 0.00000242. The van der Waals surface area contributed by atoms with Gasteiger partial charge in [0, 0.05) is 18.2 Å². The summed E-state index contributed by atoms with van der Waals surface area (Å²) in [5, 5.41) is 17.0. The molecule has 1 saturated heterocycles. The van der Waals surface area contributed by atoms with E-state index in [9.17, 15) is 19.3 Å². The number of carbonyl (C=O) groups excluding carboxylic acids is 1. The number of piperidine rings is 1. The molecule has 3 unspecified atom stereocenters. The molecule has 0 saturated carbocycles. The van der Waals surface area contributed by atoms with E-state index in [1.165, 1.54) is 0 Å². The lowest BCUT2D eigenvalue weighted by Gasteiger charge is -2.35. The third-order valence-electron chi connectivity index (χ3n) is 3.92. The fourth-order valence-corrected chi connectivity index (χ4v) is 2.68. The second kappa shape index (κ2) is 7.51. The summed E-state index contributed by atoms with van der Waals surface area (Å²) in [6.45, 7) is 4.83. The number of nitro benzene ring substituents is 1. The largest absolute Gasteiger partial charge is 0.347 e. The van der Waals surface area contributed by atoms with E-state index in [4.69, 9.17) is 0 Å². The van der Waals surface area contributed by atoms with Crippen LogP contribution in [-0.2, 0) is 0 Å². The van der Waals surface area contributed by atoms with Crippen molar-refractivity contribution >= 4 is 24.0 Å². The van der Waals surface area contributed by atoms with Crippen molar-refractivity contribution in [1.29, 1.82) is 0 Å². The highest BCUT2D eigenvalue weighted by Gasteiger charge is 2.30. The summed E-state index contributed by atoms with van der Waals surface area (Å²) in [6, 6.07) is 2.80. The van der Waals surface area contributed by atoms with E-state index in [-0.39, 0.29) is 36.0 Å². The lowest BCUT2D eigenvalue weighted by Crippen LogP contribution is -2.55. The number of halogens is 2. The lowest BCUT2D eigenvalue weighted by molar-refractivity contribution is -0.385. The van der Waals surface area contributed by atoms with Gasteiger partial charge in [-0.2, -0.15) is 0 Å². The Kier molecular flexibility index (Phi) is 6.25.